The molecule has 5 aromatic rings. The van der Waals surface area contributed by atoms with Gasteiger partial charge in [-0.05, 0) is 173 Å². The number of aliphatic hydroxyl groups is 1. The van der Waals surface area contributed by atoms with Crippen molar-refractivity contribution in [3.8, 4) is 16.2 Å². The Balaban J connectivity index is 0.621. The van der Waals surface area contributed by atoms with Crippen LogP contribution in [0.25, 0.3) is 10.4 Å². The molecule has 8 aliphatic rings. The number of sulfonamides is 1. The smallest absolute Gasteiger partial charge is 0.493 e. The van der Waals surface area contributed by atoms with Crippen molar-refractivity contribution < 1.29 is 72.2 Å². The fraction of sp³-hybridized carbons (Fsp3) is 0.577. The summed E-state index contributed by atoms with van der Waals surface area (Å²) in [6.07, 6.45) is 4.34. The summed E-state index contributed by atoms with van der Waals surface area (Å²) >= 11 is 2.92. The molecule has 20 nitrogen and oxygen atoms in total. The van der Waals surface area contributed by atoms with E-state index in [4.69, 9.17) is 4.74 Å². The summed E-state index contributed by atoms with van der Waals surface area (Å²) in [5.74, 6) is -2.15. The molecule has 0 spiro atoms. The van der Waals surface area contributed by atoms with Crippen LogP contribution in [0, 0.1) is 28.6 Å². The third-order valence-corrected chi connectivity index (χ3v) is 27.8. The number of anilines is 2. The lowest BCUT2D eigenvalue weighted by atomic mass is 9.32. The zero-order chi connectivity index (χ0) is 77.4. The van der Waals surface area contributed by atoms with Gasteiger partial charge in [0.25, 0.3) is 31.7 Å². The number of hydrogen-bond acceptors (Lipinski definition) is 18. The number of aromatic nitrogens is 1. The number of nitrogens with zero attached hydrogens (tertiary/aromatic N) is 6. The first-order valence-corrected chi connectivity index (χ1v) is 42.3. The topological polar surface area (TPSA) is 243 Å². The van der Waals surface area contributed by atoms with Crippen LogP contribution in [0.3, 0.4) is 0 Å². The van der Waals surface area contributed by atoms with E-state index in [-0.39, 0.29) is 48.7 Å². The SMILES string of the molecule is Cc1ncsc1-c1ccc(CNC(=O)[C@@H]2C[C@@H](O)CN2C(=O)[C@@H](NC(=O)C2(F)CC2)C(C)(C)C)c(OCCCCCN2CCN(CC[C@H](CSc3ccccc3)Nc3ccc(S(=O)(=O)NC(=O)c4ccc(N5CCN(CC6=C(C78CC(C(F)F)(C7)C8)CC(C)(C)CC6)CC5)cc4)cc3S(=O)(=O)C(F)(F)F)CC2)c1. The number of unbranched alkanes of at least 4 members (excludes halogenated alkanes) is 2. The first-order valence-electron chi connectivity index (χ1n) is 37.4. The highest BCUT2D eigenvalue weighted by molar-refractivity contribution is 7.99. The number of amides is 4. The van der Waals surface area contributed by atoms with Crippen molar-refractivity contribution in [1.29, 1.82) is 0 Å². The lowest BCUT2D eigenvalue weighted by Gasteiger charge is -2.72. The van der Waals surface area contributed by atoms with Gasteiger partial charge in [0.15, 0.2) is 5.67 Å². The van der Waals surface area contributed by atoms with Gasteiger partial charge in [-0.2, -0.15) is 13.2 Å². The maximum absolute atomic E-state index is 14.8. The van der Waals surface area contributed by atoms with Crippen molar-refractivity contribution in [3.63, 3.8) is 0 Å². The summed E-state index contributed by atoms with van der Waals surface area (Å²) < 4.78 is 150. The molecule has 7 fully saturated rings. The van der Waals surface area contributed by atoms with E-state index in [9.17, 15) is 67.5 Å². The van der Waals surface area contributed by atoms with Crippen LogP contribution in [0.15, 0.2) is 122 Å². The molecule has 4 saturated carbocycles. The van der Waals surface area contributed by atoms with Crippen molar-refractivity contribution in [3.05, 3.63) is 124 Å². The molecular weight excluding hydrogens is 1480 g/mol. The van der Waals surface area contributed by atoms with E-state index >= 15 is 0 Å². The van der Waals surface area contributed by atoms with Crippen molar-refractivity contribution in [2.75, 3.05) is 101 Å². The Morgan fingerprint density at radius 3 is 2.13 bits per heavy atom. The Morgan fingerprint density at radius 1 is 0.815 bits per heavy atom. The molecule has 4 atom stereocenters. The Kier molecular flexibility index (Phi) is 24.3. The van der Waals surface area contributed by atoms with Crippen molar-refractivity contribution in [2.24, 2.45) is 21.7 Å². The number of aliphatic hydroxyl groups excluding tert-OH is 1. The number of β-amino-alcohol motifs (C(OH)–C–C–N with tert-alkyl or cyclic N) is 1. The standard InChI is InChI=1S/C78H100F6N10O10S4/c1-51-66(106-50-86-51)53-15-16-54(43-85-69(97)63-40-58(95)45-94(63)70(98)67(73(2,3)4)88-72(99)77(81)26-27-77)64(39-53)104-38-12-8-11-28-90-30-32-91(33-31-90)29-24-56(46-105-59-13-9-7-10-14-59)87-62-22-21-60(41-65(62)107(100,101)78(82,83)84)108(102,103)89-68(96)52-17-19-57(20-18-52)93-36-34-92(35-37-93)44-55-23-25-74(5,6)42-61(55)75-47-76(48-75,49-75)71(79)80/h7,9-10,13-22,39,41,50,56,58,63,67,71,87,95H,8,11-12,23-38,40,42-49H2,1-6H3,(H,85,97)(H,88,99)(H,89,96)/t56-,58-,63+,67-,75?,76?/m1/s1. The average molecular weight is 1580 g/mol. The van der Waals surface area contributed by atoms with Crippen LogP contribution in [0.4, 0.5) is 37.7 Å². The van der Waals surface area contributed by atoms with Crippen molar-refractivity contribution in [1.82, 2.24) is 39.9 Å². The molecule has 0 radical (unpaired) electrons. The molecule has 1 aromatic heterocycles. The molecule has 4 amide bonds. The van der Waals surface area contributed by atoms with E-state index in [2.05, 4.69) is 54.4 Å². The number of piperazine rings is 2. The second kappa shape index (κ2) is 32.5. The minimum absolute atomic E-state index is 0.0207. The highest BCUT2D eigenvalue weighted by Crippen LogP contribution is 2.79. The van der Waals surface area contributed by atoms with Crippen LogP contribution in [-0.4, -0.2) is 203 Å². The van der Waals surface area contributed by atoms with E-state index in [1.54, 1.807) is 38.4 Å². The molecule has 0 unspecified atom stereocenters. The number of thioether (sulfide) groups is 1. The third kappa shape index (κ3) is 18.5. The Hall–Kier alpha value is -6.80. The highest BCUT2D eigenvalue weighted by atomic mass is 32.2. The van der Waals surface area contributed by atoms with Gasteiger partial charge in [0.1, 0.15) is 22.7 Å². The summed E-state index contributed by atoms with van der Waals surface area (Å²) in [7, 11) is -11.1. The van der Waals surface area contributed by atoms with Gasteiger partial charge in [-0.15, -0.1) is 23.1 Å². The number of nitrogens with one attached hydrogen (secondary N) is 4. The number of thiazole rings is 1. The predicted octanol–water partition coefficient (Wildman–Crippen LogP) is 12.0. The van der Waals surface area contributed by atoms with E-state index in [0.717, 1.165) is 110 Å². The summed E-state index contributed by atoms with van der Waals surface area (Å²) in [5, 5.41) is 19.4. The molecule has 3 saturated heterocycles. The molecule has 13 rings (SSSR count). The van der Waals surface area contributed by atoms with Crippen LogP contribution in [0.1, 0.15) is 140 Å². The van der Waals surface area contributed by atoms with Gasteiger partial charge in [0.2, 0.25) is 18.2 Å². The molecule has 588 valence electrons. The Morgan fingerprint density at radius 2 is 1.49 bits per heavy atom. The Bertz CT molecular complexity index is 4330. The number of allylic oxidation sites excluding steroid dienone is 1. The third-order valence-electron chi connectivity index (χ3n) is 22.8. The molecule has 30 heteroatoms. The summed E-state index contributed by atoms with van der Waals surface area (Å²) in [6, 6.07) is 20.9. The van der Waals surface area contributed by atoms with Crippen LogP contribution in [-0.2, 0) is 40.8 Å². The lowest BCUT2D eigenvalue weighted by Crippen LogP contribution is -2.66. The number of hydrogen-bond donors (Lipinski definition) is 5. The van der Waals surface area contributed by atoms with Crippen LogP contribution in [0.5, 0.6) is 5.75 Å². The number of ether oxygens (including phenoxy) is 1. The van der Waals surface area contributed by atoms with Gasteiger partial charge < -0.3 is 45.4 Å². The molecule has 3 aliphatic heterocycles. The average Bonchev–Trinajstić information content (AvgIpc) is 0.753. The lowest BCUT2D eigenvalue weighted by molar-refractivity contribution is -0.250. The number of rotatable bonds is 31. The number of sulfone groups is 1. The Labute approximate surface area is 637 Å². The van der Waals surface area contributed by atoms with Gasteiger partial charge in [-0.3, -0.25) is 24.1 Å². The van der Waals surface area contributed by atoms with Gasteiger partial charge in [0, 0.05) is 124 Å². The largest absolute Gasteiger partial charge is 0.501 e. The number of alkyl halides is 6. The van der Waals surface area contributed by atoms with Crippen LogP contribution in [0.2, 0.25) is 0 Å². The quantitative estimate of drug-likeness (QED) is 0.0120. The number of benzene rings is 4. The highest BCUT2D eigenvalue weighted by Gasteiger charge is 2.73. The molecule has 4 aromatic carbocycles. The zero-order valence-corrected chi connectivity index (χ0v) is 65.4. The number of aryl methyl sites for hydroxylation is 1. The number of likely N-dealkylation sites (tertiary alicyclic amines) is 1. The van der Waals surface area contributed by atoms with Crippen molar-refractivity contribution >= 4 is 78.0 Å². The minimum Gasteiger partial charge on any atom is -0.493 e. The zero-order valence-electron chi connectivity index (χ0n) is 62.1. The molecule has 4 heterocycles. The molecule has 5 N–H and O–H groups in total. The first-order chi connectivity index (χ1) is 51.0. The second-order valence-corrected chi connectivity index (χ2v) is 38.1. The van der Waals surface area contributed by atoms with E-state index in [1.807, 2.05) is 60.2 Å². The minimum atomic E-state index is -6.17. The van der Waals surface area contributed by atoms with Crippen molar-refractivity contribution in [2.45, 2.75) is 188 Å². The fourth-order valence-corrected chi connectivity index (χ4v) is 20.0. The number of carbonyl (C=O) groups is 4. The predicted molar refractivity (Wildman–Crippen MR) is 405 cm³/mol. The van der Waals surface area contributed by atoms with E-state index in [0.29, 0.717) is 94.6 Å². The van der Waals surface area contributed by atoms with Gasteiger partial charge >= 0.3 is 5.51 Å². The first kappa shape index (κ1) is 80.7. The van der Waals surface area contributed by atoms with Gasteiger partial charge in [0.05, 0.1) is 39.4 Å². The maximum Gasteiger partial charge on any atom is 0.501 e. The number of carbonyl (C=O) groups excluding carboxylic acids is 4. The van der Waals surface area contributed by atoms with Crippen LogP contribution >= 0.6 is 23.1 Å². The normalized spacial score (nSPS) is 23.1. The second-order valence-electron chi connectivity index (χ2n) is 32.5. The monoisotopic (exact) mass is 1580 g/mol. The summed E-state index contributed by atoms with van der Waals surface area (Å²) in [4.78, 5) is 69.0. The fourth-order valence-electron chi connectivity index (χ4n) is 16.2. The molecule has 108 heavy (non-hydrogen) atoms. The van der Waals surface area contributed by atoms with Gasteiger partial charge in [-0.1, -0.05) is 76.1 Å². The molecule has 5 aliphatic carbocycles. The number of halogens is 6. The van der Waals surface area contributed by atoms with E-state index in [1.165, 1.54) is 51.3 Å². The van der Waals surface area contributed by atoms with Gasteiger partial charge in [-0.25, -0.2) is 39.7 Å². The maximum atomic E-state index is 14.8. The van der Waals surface area contributed by atoms with E-state index < -0.39 is 112 Å². The molecule has 2 bridgehead atoms. The summed E-state index contributed by atoms with van der Waals surface area (Å²) in [5.41, 5.74) is -2.12. The van der Waals surface area contributed by atoms with Crippen LogP contribution < -0.4 is 30.3 Å². The summed E-state index contributed by atoms with van der Waals surface area (Å²) in [6.45, 7) is 19.8. The molecular formula is C78H100F6N10O10S4.